The Bertz CT molecular complexity index is 420. The Morgan fingerprint density at radius 3 is 2.88 bits per heavy atom. The van der Waals surface area contributed by atoms with Crippen molar-refractivity contribution < 1.29 is 5.11 Å². The Hall–Kier alpha value is -1.39. The Morgan fingerprint density at radius 2 is 2.06 bits per heavy atom. The lowest BCUT2D eigenvalue weighted by Gasteiger charge is -2.01. The van der Waals surface area contributed by atoms with Crippen LogP contribution in [0.5, 0.6) is 0 Å². The number of unbranched alkanes of at least 4 members (excludes halogenated alkanes) is 2. The monoisotopic (exact) mass is 233 g/mol. The van der Waals surface area contributed by atoms with Crippen molar-refractivity contribution in [2.24, 2.45) is 0 Å². The van der Waals surface area contributed by atoms with Gasteiger partial charge in [0.25, 0.3) is 0 Å². The van der Waals surface area contributed by atoms with Crippen LogP contribution in [0.1, 0.15) is 25.1 Å². The number of nitrogens with zero attached hydrogens (tertiary/aromatic N) is 1. The predicted octanol–water partition coefficient (Wildman–Crippen LogP) is 1.82. The van der Waals surface area contributed by atoms with Crippen LogP contribution in [-0.2, 0) is 6.54 Å². The number of aliphatic hydroxyl groups is 1. The number of fused-ring (bicyclic) bond motifs is 1. The number of H-pyrrole nitrogens is 1. The van der Waals surface area contributed by atoms with Crippen molar-refractivity contribution in [2.45, 2.75) is 25.8 Å². The van der Waals surface area contributed by atoms with Gasteiger partial charge >= 0.3 is 0 Å². The fourth-order valence-corrected chi connectivity index (χ4v) is 1.83. The maximum Gasteiger partial charge on any atom is 0.121 e. The van der Waals surface area contributed by atoms with Crippen molar-refractivity contribution >= 4 is 11.0 Å². The van der Waals surface area contributed by atoms with E-state index in [0.717, 1.165) is 49.2 Å². The van der Waals surface area contributed by atoms with E-state index in [1.165, 1.54) is 0 Å². The second-order valence-corrected chi connectivity index (χ2v) is 4.16. The van der Waals surface area contributed by atoms with Crippen LogP contribution in [-0.4, -0.2) is 28.2 Å². The summed E-state index contributed by atoms with van der Waals surface area (Å²) in [7, 11) is 0. The van der Waals surface area contributed by atoms with Gasteiger partial charge in [0.2, 0.25) is 0 Å². The molecule has 17 heavy (non-hydrogen) atoms. The minimum atomic E-state index is 0.295. The average molecular weight is 233 g/mol. The SMILES string of the molecule is OCCCCCNCc1nc2ccccc2[nH]1. The molecule has 0 spiro atoms. The van der Waals surface area contributed by atoms with E-state index in [0.29, 0.717) is 6.61 Å². The van der Waals surface area contributed by atoms with Gasteiger partial charge in [-0.25, -0.2) is 4.98 Å². The molecule has 1 heterocycles. The van der Waals surface area contributed by atoms with Crippen molar-refractivity contribution in [2.75, 3.05) is 13.2 Å². The zero-order chi connectivity index (χ0) is 11.9. The number of aromatic amines is 1. The van der Waals surface area contributed by atoms with E-state index in [-0.39, 0.29) is 0 Å². The molecular formula is C13H19N3O. The fourth-order valence-electron chi connectivity index (χ4n) is 1.83. The molecule has 2 rings (SSSR count). The first kappa shape index (κ1) is 12.1. The zero-order valence-electron chi connectivity index (χ0n) is 9.95. The van der Waals surface area contributed by atoms with Gasteiger partial charge in [-0.1, -0.05) is 12.1 Å². The van der Waals surface area contributed by atoms with Crippen molar-refractivity contribution in [3.63, 3.8) is 0 Å². The average Bonchev–Trinajstić information content (AvgIpc) is 2.76. The highest BCUT2D eigenvalue weighted by molar-refractivity contribution is 5.74. The molecule has 4 nitrogen and oxygen atoms in total. The molecule has 0 aliphatic heterocycles. The lowest BCUT2D eigenvalue weighted by molar-refractivity contribution is 0.283. The minimum Gasteiger partial charge on any atom is -0.396 e. The topological polar surface area (TPSA) is 60.9 Å². The third kappa shape index (κ3) is 3.54. The van der Waals surface area contributed by atoms with Crippen LogP contribution in [0.3, 0.4) is 0 Å². The maximum atomic E-state index is 8.65. The van der Waals surface area contributed by atoms with E-state index in [2.05, 4.69) is 15.3 Å². The van der Waals surface area contributed by atoms with E-state index < -0.39 is 0 Å². The first-order valence-corrected chi connectivity index (χ1v) is 6.15. The molecule has 1 aromatic carbocycles. The fraction of sp³-hybridized carbons (Fsp3) is 0.462. The third-order valence-electron chi connectivity index (χ3n) is 2.74. The third-order valence-corrected chi connectivity index (χ3v) is 2.74. The summed E-state index contributed by atoms with van der Waals surface area (Å²) in [4.78, 5) is 7.77. The molecule has 0 unspecified atom stereocenters. The van der Waals surface area contributed by atoms with Crippen molar-refractivity contribution in [1.29, 1.82) is 0 Å². The first-order chi connectivity index (χ1) is 8.40. The van der Waals surface area contributed by atoms with E-state index in [1.807, 2.05) is 24.3 Å². The van der Waals surface area contributed by atoms with Gasteiger partial charge in [0, 0.05) is 6.61 Å². The number of benzene rings is 1. The van der Waals surface area contributed by atoms with Gasteiger partial charge in [0.1, 0.15) is 5.82 Å². The minimum absolute atomic E-state index is 0.295. The Balaban J connectivity index is 1.75. The van der Waals surface area contributed by atoms with Gasteiger partial charge < -0.3 is 15.4 Å². The molecular weight excluding hydrogens is 214 g/mol. The second-order valence-electron chi connectivity index (χ2n) is 4.16. The highest BCUT2D eigenvalue weighted by atomic mass is 16.2. The van der Waals surface area contributed by atoms with Crippen LogP contribution in [0.15, 0.2) is 24.3 Å². The summed E-state index contributed by atoms with van der Waals surface area (Å²) < 4.78 is 0. The normalized spacial score (nSPS) is 11.1. The molecule has 0 saturated carbocycles. The lowest BCUT2D eigenvalue weighted by atomic mass is 10.2. The molecule has 0 aliphatic rings. The molecule has 0 amide bonds. The van der Waals surface area contributed by atoms with Gasteiger partial charge in [0.15, 0.2) is 0 Å². The molecule has 92 valence electrons. The molecule has 0 aliphatic carbocycles. The van der Waals surface area contributed by atoms with Crippen molar-refractivity contribution in [3.8, 4) is 0 Å². The number of para-hydroxylation sites is 2. The number of rotatable bonds is 7. The van der Waals surface area contributed by atoms with E-state index in [4.69, 9.17) is 5.11 Å². The molecule has 0 atom stereocenters. The molecule has 0 bridgehead atoms. The maximum absolute atomic E-state index is 8.65. The smallest absolute Gasteiger partial charge is 0.121 e. The number of imidazole rings is 1. The molecule has 3 N–H and O–H groups in total. The molecule has 4 heteroatoms. The number of aliphatic hydroxyl groups excluding tert-OH is 1. The van der Waals surface area contributed by atoms with Gasteiger partial charge in [0.05, 0.1) is 17.6 Å². The summed E-state index contributed by atoms with van der Waals surface area (Å²) >= 11 is 0. The van der Waals surface area contributed by atoms with Crippen molar-refractivity contribution in [1.82, 2.24) is 15.3 Å². The molecule has 2 aromatic rings. The number of aromatic nitrogens is 2. The van der Waals surface area contributed by atoms with Crippen LogP contribution in [0, 0.1) is 0 Å². The summed E-state index contributed by atoms with van der Waals surface area (Å²) in [5.41, 5.74) is 2.11. The van der Waals surface area contributed by atoms with Crippen LogP contribution < -0.4 is 5.32 Å². The van der Waals surface area contributed by atoms with Crippen LogP contribution in [0.25, 0.3) is 11.0 Å². The van der Waals surface area contributed by atoms with Crippen LogP contribution in [0.2, 0.25) is 0 Å². The number of hydrogen-bond donors (Lipinski definition) is 3. The summed E-state index contributed by atoms with van der Waals surface area (Å²) in [6.45, 7) is 2.04. The summed E-state index contributed by atoms with van der Waals surface area (Å²) in [5, 5.41) is 12.0. The first-order valence-electron chi connectivity index (χ1n) is 6.15. The Labute approximate surface area is 101 Å². The zero-order valence-corrected chi connectivity index (χ0v) is 9.95. The van der Waals surface area contributed by atoms with Gasteiger partial charge in [-0.2, -0.15) is 0 Å². The molecule has 0 fully saturated rings. The van der Waals surface area contributed by atoms with Crippen LogP contribution >= 0.6 is 0 Å². The summed E-state index contributed by atoms with van der Waals surface area (Å²) in [6, 6.07) is 8.05. The molecule has 1 aromatic heterocycles. The quantitative estimate of drug-likeness (QED) is 0.639. The van der Waals surface area contributed by atoms with Gasteiger partial charge in [-0.3, -0.25) is 0 Å². The number of nitrogens with one attached hydrogen (secondary N) is 2. The molecule has 0 radical (unpaired) electrons. The Kier molecular flexibility index (Phi) is 4.53. The van der Waals surface area contributed by atoms with Gasteiger partial charge in [-0.05, 0) is 37.9 Å². The van der Waals surface area contributed by atoms with Gasteiger partial charge in [-0.15, -0.1) is 0 Å². The largest absolute Gasteiger partial charge is 0.396 e. The highest BCUT2D eigenvalue weighted by Gasteiger charge is 2.00. The molecule has 0 saturated heterocycles. The summed E-state index contributed by atoms with van der Waals surface area (Å²) in [6.07, 6.45) is 3.07. The predicted molar refractivity (Wildman–Crippen MR) is 68.7 cm³/mol. The lowest BCUT2D eigenvalue weighted by Crippen LogP contribution is -2.15. The van der Waals surface area contributed by atoms with Crippen LogP contribution in [0.4, 0.5) is 0 Å². The van der Waals surface area contributed by atoms with E-state index in [9.17, 15) is 0 Å². The standard InChI is InChI=1S/C13H19N3O/c17-9-5-1-4-8-14-10-13-15-11-6-2-3-7-12(11)16-13/h2-3,6-7,14,17H,1,4-5,8-10H2,(H,15,16). The summed E-state index contributed by atoms with van der Waals surface area (Å²) in [5.74, 6) is 0.980. The van der Waals surface area contributed by atoms with Crippen molar-refractivity contribution in [3.05, 3.63) is 30.1 Å². The number of hydrogen-bond acceptors (Lipinski definition) is 3. The second kappa shape index (κ2) is 6.37. The Morgan fingerprint density at radius 1 is 1.18 bits per heavy atom. The highest BCUT2D eigenvalue weighted by Crippen LogP contribution is 2.09. The van der Waals surface area contributed by atoms with E-state index >= 15 is 0 Å². The van der Waals surface area contributed by atoms with E-state index in [1.54, 1.807) is 0 Å².